The molecule has 4 nitrogen and oxygen atoms in total. The molecule has 1 aliphatic rings. The van der Waals surface area contributed by atoms with E-state index in [-0.39, 0.29) is 0 Å². The number of nitrogens with zero attached hydrogens (tertiary/aromatic N) is 2. The summed E-state index contributed by atoms with van der Waals surface area (Å²) in [6.45, 7) is 6.17. The highest BCUT2D eigenvalue weighted by Gasteiger charge is 2.15. The molecule has 2 N–H and O–H groups in total. The van der Waals surface area contributed by atoms with E-state index in [2.05, 4.69) is 34.4 Å². The first-order valence-corrected chi connectivity index (χ1v) is 7.66. The van der Waals surface area contributed by atoms with E-state index in [0.717, 1.165) is 37.1 Å². The largest absolute Gasteiger partial charge is 0.370 e. The highest BCUT2D eigenvalue weighted by Crippen LogP contribution is 2.27. The summed E-state index contributed by atoms with van der Waals surface area (Å²) in [6.07, 6.45) is 9.53. The molecule has 0 unspecified atom stereocenters. The van der Waals surface area contributed by atoms with Crippen molar-refractivity contribution >= 4 is 11.6 Å². The Kier molecular flexibility index (Phi) is 5.43. The van der Waals surface area contributed by atoms with E-state index in [0.29, 0.717) is 0 Å². The van der Waals surface area contributed by atoms with Crippen LogP contribution in [0, 0.1) is 5.92 Å². The van der Waals surface area contributed by atoms with E-state index in [1.807, 2.05) is 0 Å². The van der Waals surface area contributed by atoms with Crippen LogP contribution in [0.25, 0.3) is 0 Å². The Bertz CT molecular complexity index is 386. The SMILES string of the molecule is CCNc1ncnc(NCCC2CCCC2)c1CC. The zero-order chi connectivity index (χ0) is 13.5. The summed E-state index contributed by atoms with van der Waals surface area (Å²) < 4.78 is 0. The highest BCUT2D eigenvalue weighted by atomic mass is 15.1. The van der Waals surface area contributed by atoms with Crippen LogP contribution >= 0.6 is 0 Å². The maximum atomic E-state index is 4.39. The minimum atomic E-state index is 0.894. The second-order valence-electron chi connectivity index (χ2n) is 5.30. The van der Waals surface area contributed by atoms with Crippen molar-refractivity contribution < 1.29 is 0 Å². The van der Waals surface area contributed by atoms with E-state index >= 15 is 0 Å². The molecule has 2 rings (SSSR count). The van der Waals surface area contributed by atoms with Crippen LogP contribution in [0.2, 0.25) is 0 Å². The third kappa shape index (κ3) is 3.82. The minimum absolute atomic E-state index is 0.894. The third-order valence-electron chi connectivity index (χ3n) is 3.96. The summed E-state index contributed by atoms with van der Waals surface area (Å²) in [5.74, 6) is 2.91. The molecule has 0 atom stereocenters. The molecule has 1 heterocycles. The van der Waals surface area contributed by atoms with Crippen LogP contribution in [-0.4, -0.2) is 23.1 Å². The molecule has 0 bridgehead atoms. The summed E-state index contributed by atoms with van der Waals surface area (Å²) in [5, 5.41) is 6.81. The van der Waals surface area contributed by atoms with E-state index < -0.39 is 0 Å². The molecule has 106 valence electrons. The Morgan fingerprint density at radius 2 is 1.79 bits per heavy atom. The van der Waals surface area contributed by atoms with Gasteiger partial charge in [-0.3, -0.25) is 0 Å². The normalized spacial score (nSPS) is 15.7. The maximum absolute atomic E-state index is 4.39. The number of nitrogens with one attached hydrogen (secondary N) is 2. The van der Waals surface area contributed by atoms with Crippen molar-refractivity contribution in [2.45, 2.75) is 52.4 Å². The van der Waals surface area contributed by atoms with Crippen LogP contribution < -0.4 is 10.6 Å². The molecule has 1 saturated carbocycles. The monoisotopic (exact) mass is 262 g/mol. The molecule has 0 aliphatic heterocycles. The van der Waals surface area contributed by atoms with Gasteiger partial charge < -0.3 is 10.6 Å². The van der Waals surface area contributed by atoms with Gasteiger partial charge in [0.05, 0.1) is 0 Å². The quantitative estimate of drug-likeness (QED) is 0.790. The van der Waals surface area contributed by atoms with Crippen LogP contribution in [0.4, 0.5) is 11.6 Å². The van der Waals surface area contributed by atoms with Gasteiger partial charge in [-0.2, -0.15) is 0 Å². The van der Waals surface area contributed by atoms with Crippen molar-refractivity contribution in [1.82, 2.24) is 9.97 Å². The average Bonchev–Trinajstić information content (AvgIpc) is 2.93. The summed E-state index contributed by atoms with van der Waals surface area (Å²) in [4.78, 5) is 8.72. The smallest absolute Gasteiger partial charge is 0.134 e. The van der Waals surface area contributed by atoms with Gasteiger partial charge in [-0.25, -0.2) is 9.97 Å². The highest BCUT2D eigenvalue weighted by molar-refractivity contribution is 5.57. The second kappa shape index (κ2) is 7.31. The van der Waals surface area contributed by atoms with Gasteiger partial charge in [0.25, 0.3) is 0 Å². The molecule has 0 radical (unpaired) electrons. The molecule has 4 heteroatoms. The van der Waals surface area contributed by atoms with Crippen molar-refractivity contribution in [3.8, 4) is 0 Å². The molecule has 1 aliphatic carbocycles. The number of hydrogen-bond donors (Lipinski definition) is 2. The Balaban J connectivity index is 1.92. The van der Waals surface area contributed by atoms with Gasteiger partial charge in [0.1, 0.15) is 18.0 Å². The molecular formula is C15H26N4. The third-order valence-corrected chi connectivity index (χ3v) is 3.96. The molecule has 1 fully saturated rings. The van der Waals surface area contributed by atoms with Crippen LogP contribution in [0.5, 0.6) is 0 Å². The lowest BCUT2D eigenvalue weighted by atomic mass is 10.0. The Hall–Kier alpha value is -1.32. The van der Waals surface area contributed by atoms with Crippen LogP contribution in [-0.2, 0) is 6.42 Å². The van der Waals surface area contributed by atoms with Crippen molar-refractivity contribution in [3.05, 3.63) is 11.9 Å². The molecule has 0 aromatic carbocycles. The molecular weight excluding hydrogens is 236 g/mol. The topological polar surface area (TPSA) is 49.8 Å². The molecule has 19 heavy (non-hydrogen) atoms. The molecule has 1 aromatic rings. The Labute approximate surface area is 116 Å². The van der Waals surface area contributed by atoms with Gasteiger partial charge in [0.2, 0.25) is 0 Å². The minimum Gasteiger partial charge on any atom is -0.370 e. The first-order chi connectivity index (χ1) is 9.35. The van der Waals surface area contributed by atoms with E-state index in [1.54, 1.807) is 6.33 Å². The summed E-state index contributed by atoms with van der Waals surface area (Å²) in [5.41, 5.74) is 1.20. The lowest BCUT2D eigenvalue weighted by molar-refractivity contribution is 0.518. The van der Waals surface area contributed by atoms with Gasteiger partial charge >= 0.3 is 0 Å². The fraction of sp³-hybridized carbons (Fsp3) is 0.733. The van der Waals surface area contributed by atoms with Crippen LogP contribution in [0.15, 0.2) is 6.33 Å². The zero-order valence-corrected chi connectivity index (χ0v) is 12.2. The predicted molar refractivity (Wildman–Crippen MR) is 80.6 cm³/mol. The summed E-state index contributed by atoms with van der Waals surface area (Å²) >= 11 is 0. The van der Waals surface area contributed by atoms with Gasteiger partial charge in [-0.05, 0) is 25.7 Å². The van der Waals surface area contributed by atoms with Crippen molar-refractivity contribution in [2.24, 2.45) is 5.92 Å². The van der Waals surface area contributed by atoms with Crippen LogP contribution in [0.1, 0.15) is 51.5 Å². The zero-order valence-electron chi connectivity index (χ0n) is 12.2. The summed E-state index contributed by atoms with van der Waals surface area (Å²) in [7, 11) is 0. The Morgan fingerprint density at radius 1 is 1.11 bits per heavy atom. The van der Waals surface area contributed by atoms with Gasteiger partial charge in [0, 0.05) is 18.7 Å². The predicted octanol–water partition coefficient (Wildman–Crippen LogP) is 3.46. The van der Waals surface area contributed by atoms with Gasteiger partial charge in [-0.15, -0.1) is 0 Å². The lowest BCUT2D eigenvalue weighted by Gasteiger charge is -2.15. The molecule has 0 amide bonds. The van der Waals surface area contributed by atoms with Gasteiger partial charge in [0.15, 0.2) is 0 Å². The number of rotatable bonds is 7. The maximum Gasteiger partial charge on any atom is 0.134 e. The van der Waals surface area contributed by atoms with Gasteiger partial charge in [-0.1, -0.05) is 32.6 Å². The average molecular weight is 262 g/mol. The van der Waals surface area contributed by atoms with E-state index in [1.165, 1.54) is 37.7 Å². The van der Waals surface area contributed by atoms with Crippen molar-refractivity contribution in [1.29, 1.82) is 0 Å². The fourth-order valence-electron chi connectivity index (χ4n) is 2.91. The fourth-order valence-corrected chi connectivity index (χ4v) is 2.91. The second-order valence-corrected chi connectivity index (χ2v) is 5.30. The molecule has 1 aromatic heterocycles. The standard InChI is InChI=1S/C15H26N4/c1-3-13-14(16-4-2)18-11-19-15(13)17-10-9-12-7-5-6-8-12/h11-12H,3-10H2,1-2H3,(H2,16,17,18,19). The number of hydrogen-bond acceptors (Lipinski definition) is 4. The first-order valence-electron chi connectivity index (χ1n) is 7.66. The van der Waals surface area contributed by atoms with E-state index in [9.17, 15) is 0 Å². The number of aromatic nitrogens is 2. The van der Waals surface area contributed by atoms with E-state index in [4.69, 9.17) is 0 Å². The Morgan fingerprint density at radius 3 is 2.42 bits per heavy atom. The van der Waals surface area contributed by atoms with Crippen molar-refractivity contribution in [3.63, 3.8) is 0 Å². The first kappa shape index (κ1) is 14.1. The number of anilines is 2. The lowest BCUT2D eigenvalue weighted by Crippen LogP contribution is -2.12. The van der Waals surface area contributed by atoms with Crippen LogP contribution in [0.3, 0.4) is 0 Å². The molecule has 0 spiro atoms. The summed E-state index contributed by atoms with van der Waals surface area (Å²) in [6, 6.07) is 0. The van der Waals surface area contributed by atoms with Crippen molar-refractivity contribution in [2.75, 3.05) is 23.7 Å². The molecule has 0 saturated heterocycles.